The summed E-state index contributed by atoms with van der Waals surface area (Å²) < 4.78 is 5.53. The Bertz CT molecular complexity index is 299. The fraction of sp³-hybridized carbons (Fsp3) is 0.417. The number of hydrogen-bond acceptors (Lipinski definition) is 2. The maximum absolute atomic E-state index is 10.4. The van der Waals surface area contributed by atoms with Gasteiger partial charge in [0.15, 0.2) is 0 Å². The molecule has 0 radical (unpaired) electrons. The van der Waals surface area contributed by atoms with E-state index < -0.39 is 0 Å². The van der Waals surface area contributed by atoms with Crippen LogP contribution in [0.3, 0.4) is 0 Å². The van der Waals surface area contributed by atoms with Crippen LogP contribution in [0.15, 0.2) is 24.3 Å². The van der Waals surface area contributed by atoms with Crippen LogP contribution in [0.1, 0.15) is 28.8 Å². The van der Waals surface area contributed by atoms with Crippen molar-refractivity contribution in [3.05, 3.63) is 35.4 Å². The van der Waals surface area contributed by atoms with Crippen molar-refractivity contribution in [1.29, 1.82) is 0 Å². The van der Waals surface area contributed by atoms with E-state index in [0.29, 0.717) is 6.61 Å². The molecule has 1 aliphatic rings. The maximum Gasteiger partial charge on any atom is 0.150 e. The van der Waals surface area contributed by atoms with E-state index in [1.54, 1.807) is 0 Å². The molecule has 1 aromatic rings. The van der Waals surface area contributed by atoms with E-state index in [1.807, 2.05) is 24.3 Å². The van der Waals surface area contributed by atoms with Crippen LogP contribution < -0.4 is 0 Å². The second-order valence-electron chi connectivity index (χ2n) is 3.82. The van der Waals surface area contributed by atoms with Gasteiger partial charge >= 0.3 is 0 Å². The minimum Gasteiger partial charge on any atom is -0.376 e. The van der Waals surface area contributed by atoms with Gasteiger partial charge in [0.1, 0.15) is 6.29 Å². The normalized spacial score (nSPS) is 15.4. The van der Waals surface area contributed by atoms with Crippen LogP contribution in [-0.2, 0) is 11.3 Å². The van der Waals surface area contributed by atoms with Gasteiger partial charge < -0.3 is 4.74 Å². The summed E-state index contributed by atoms with van der Waals surface area (Å²) in [6.45, 7) is 1.55. The van der Waals surface area contributed by atoms with Crippen molar-refractivity contribution in [1.82, 2.24) is 0 Å². The van der Waals surface area contributed by atoms with Crippen LogP contribution in [0.4, 0.5) is 0 Å². The zero-order valence-electron chi connectivity index (χ0n) is 8.11. The number of ether oxygens (including phenoxy) is 1. The van der Waals surface area contributed by atoms with Gasteiger partial charge in [-0.25, -0.2) is 0 Å². The lowest BCUT2D eigenvalue weighted by Gasteiger charge is -2.02. The molecule has 0 saturated heterocycles. The van der Waals surface area contributed by atoms with Gasteiger partial charge in [-0.1, -0.05) is 24.3 Å². The molecule has 14 heavy (non-hydrogen) atoms. The molecule has 1 aliphatic carbocycles. The molecule has 0 amide bonds. The lowest BCUT2D eigenvalue weighted by molar-refractivity contribution is 0.110. The van der Waals surface area contributed by atoms with Crippen LogP contribution in [0.5, 0.6) is 0 Å². The molecule has 0 aliphatic heterocycles. The molecule has 0 spiro atoms. The van der Waals surface area contributed by atoms with Crippen molar-refractivity contribution in [2.24, 2.45) is 5.92 Å². The first kappa shape index (κ1) is 9.41. The third-order valence-electron chi connectivity index (χ3n) is 2.44. The highest BCUT2D eigenvalue weighted by atomic mass is 16.5. The molecule has 0 atom stereocenters. The molecule has 0 unspecified atom stereocenters. The highest BCUT2D eigenvalue weighted by molar-refractivity contribution is 5.74. The van der Waals surface area contributed by atoms with Gasteiger partial charge in [-0.15, -0.1) is 0 Å². The van der Waals surface area contributed by atoms with Crippen LogP contribution in [0.2, 0.25) is 0 Å². The lowest BCUT2D eigenvalue weighted by Crippen LogP contribution is -1.96. The van der Waals surface area contributed by atoms with Crippen LogP contribution >= 0.6 is 0 Å². The summed E-state index contributed by atoms with van der Waals surface area (Å²) in [6, 6.07) is 7.53. The zero-order valence-corrected chi connectivity index (χ0v) is 8.11. The summed E-state index contributed by atoms with van der Waals surface area (Å²) in [5.41, 5.74) is 1.85. The SMILES string of the molecule is O=Cc1ccc(COCC2CC2)cc1. The molecule has 0 aromatic heterocycles. The van der Waals surface area contributed by atoms with Crippen molar-refractivity contribution >= 4 is 6.29 Å². The standard InChI is InChI=1S/C12H14O2/c13-7-10-1-3-11(4-2-10)8-14-9-12-5-6-12/h1-4,7,12H,5-6,8-9H2. The Morgan fingerprint density at radius 3 is 2.57 bits per heavy atom. The zero-order chi connectivity index (χ0) is 9.80. The van der Waals surface area contributed by atoms with Gasteiger partial charge in [-0.3, -0.25) is 4.79 Å². The first-order chi connectivity index (χ1) is 6.88. The molecule has 0 heterocycles. The monoisotopic (exact) mass is 190 g/mol. The molecule has 0 N–H and O–H groups in total. The van der Waals surface area contributed by atoms with Crippen LogP contribution in [0.25, 0.3) is 0 Å². The van der Waals surface area contributed by atoms with Crippen molar-refractivity contribution in [3.63, 3.8) is 0 Å². The molecule has 1 aromatic carbocycles. The first-order valence-electron chi connectivity index (χ1n) is 5.00. The molecule has 2 heteroatoms. The molecule has 2 rings (SSSR count). The predicted molar refractivity (Wildman–Crippen MR) is 54.2 cm³/mol. The van der Waals surface area contributed by atoms with E-state index in [4.69, 9.17) is 4.74 Å². The van der Waals surface area contributed by atoms with Gasteiger partial charge in [0.2, 0.25) is 0 Å². The van der Waals surface area contributed by atoms with Crippen LogP contribution in [-0.4, -0.2) is 12.9 Å². The third kappa shape index (κ3) is 2.67. The Morgan fingerprint density at radius 2 is 2.00 bits per heavy atom. The highest BCUT2D eigenvalue weighted by Gasteiger charge is 2.20. The molecule has 2 nitrogen and oxygen atoms in total. The number of rotatable bonds is 5. The van der Waals surface area contributed by atoms with E-state index in [2.05, 4.69) is 0 Å². The summed E-state index contributed by atoms with van der Waals surface area (Å²) >= 11 is 0. The molecule has 1 saturated carbocycles. The molecule has 1 fully saturated rings. The van der Waals surface area contributed by atoms with Crippen molar-refractivity contribution in [2.45, 2.75) is 19.4 Å². The highest BCUT2D eigenvalue weighted by Crippen LogP contribution is 2.29. The summed E-state index contributed by atoms with van der Waals surface area (Å²) in [5.74, 6) is 0.809. The second kappa shape index (κ2) is 4.38. The molecule has 74 valence electrons. The Labute approximate surface area is 83.9 Å². The summed E-state index contributed by atoms with van der Waals surface area (Å²) in [5, 5.41) is 0. The van der Waals surface area contributed by atoms with Gasteiger partial charge in [-0.2, -0.15) is 0 Å². The first-order valence-corrected chi connectivity index (χ1v) is 5.00. The molecular weight excluding hydrogens is 176 g/mol. The average Bonchev–Trinajstić information content (AvgIpc) is 3.03. The Hall–Kier alpha value is -1.15. The Balaban J connectivity index is 1.79. The molecule has 0 bridgehead atoms. The minimum atomic E-state index is 0.662. The maximum atomic E-state index is 10.4. The largest absolute Gasteiger partial charge is 0.376 e. The molecular formula is C12H14O2. The van der Waals surface area contributed by atoms with Gasteiger partial charge in [0, 0.05) is 12.2 Å². The van der Waals surface area contributed by atoms with Crippen molar-refractivity contribution in [3.8, 4) is 0 Å². The smallest absolute Gasteiger partial charge is 0.150 e. The third-order valence-corrected chi connectivity index (χ3v) is 2.44. The van der Waals surface area contributed by atoms with Crippen LogP contribution in [0, 0.1) is 5.92 Å². The summed E-state index contributed by atoms with van der Waals surface area (Å²) in [4.78, 5) is 10.4. The van der Waals surface area contributed by atoms with E-state index in [-0.39, 0.29) is 0 Å². The van der Waals surface area contributed by atoms with E-state index in [0.717, 1.165) is 29.9 Å². The number of benzene rings is 1. The second-order valence-corrected chi connectivity index (χ2v) is 3.82. The lowest BCUT2D eigenvalue weighted by atomic mass is 10.2. The Morgan fingerprint density at radius 1 is 1.29 bits per heavy atom. The van der Waals surface area contributed by atoms with Crippen molar-refractivity contribution < 1.29 is 9.53 Å². The van der Waals surface area contributed by atoms with Gasteiger partial charge in [-0.05, 0) is 24.3 Å². The number of hydrogen-bond donors (Lipinski definition) is 0. The minimum absolute atomic E-state index is 0.662. The van der Waals surface area contributed by atoms with E-state index >= 15 is 0 Å². The summed E-state index contributed by atoms with van der Waals surface area (Å²) in [7, 11) is 0. The Kier molecular flexibility index (Phi) is 2.94. The number of carbonyl (C=O) groups excluding carboxylic acids is 1. The van der Waals surface area contributed by atoms with Crippen molar-refractivity contribution in [2.75, 3.05) is 6.61 Å². The topological polar surface area (TPSA) is 26.3 Å². The number of carbonyl (C=O) groups is 1. The van der Waals surface area contributed by atoms with Gasteiger partial charge in [0.25, 0.3) is 0 Å². The fourth-order valence-electron chi connectivity index (χ4n) is 1.32. The average molecular weight is 190 g/mol. The van der Waals surface area contributed by atoms with E-state index in [1.165, 1.54) is 12.8 Å². The predicted octanol–water partition coefficient (Wildman–Crippen LogP) is 2.43. The summed E-state index contributed by atoms with van der Waals surface area (Å²) in [6.07, 6.45) is 3.50. The van der Waals surface area contributed by atoms with E-state index in [9.17, 15) is 4.79 Å². The fourth-order valence-corrected chi connectivity index (χ4v) is 1.32. The number of aldehydes is 1. The van der Waals surface area contributed by atoms with Gasteiger partial charge in [0.05, 0.1) is 6.61 Å². The quantitative estimate of drug-likeness (QED) is 0.666.